The predicted octanol–water partition coefficient (Wildman–Crippen LogP) is 2.74. The van der Waals surface area contributed by atoms with Crippen LogP contribution in [0.25, 0.3) is 5.69 Å². The minimum atomic E-state index is 0.541. The van der Waals surface area contributed by atoms with Gasteiger partial charge in [0.2, 0.25) is 0 Å². The minimum absolute atomic E-state index is 0.541. The Morgan fingerprint density at radius 1 is 1.19 bits per heavy atom. The number of hydrogen-bond donors (Lipinski definition) is 1. The molecule has 0 atom stereocenters. The van der Waals surface area contributed by atoms with Gasteiger partial charge in [-0.25, -0.2) is 4.98 Å². The van der Waals surface area contributed by atoms with Crippen molar-refractivity contribution in [3.05, 3.63) is 54.5 Å². The molecule has 106 valence electrons. The number of aromatic nitrogens is 4. The van der Waals surface area contributed by atoms with Gasteiger partial charge in [-0.3, -0.25) is 0 Å². The lowest BCUT2D eigenvalue weighted by Crippen LogP contribution is -2.05. The first-order chi connectivity index (χ1) is 10.4. The normalized spacial score (nSPS) is 14.3. The molecule has 1 aliphatic carbocycles. The molecule has 1 fully saturated rings. The molecule has 1 N–H and O–H groups in total. The summed E-state index contributed by atoms with van der Waals surface area (Å²) in [5, 5.41) is 11.7. The van der Waals surface area contributed by atoms with Crippen molar-refractivity contribution in [2.75, 3.05) is 5.32 Å². The summed E-state index contributed by atoms with van der Waals surface area (Å²) in [6.45, 7) is 0.595. The third kappa shape index (κ3) is 2.52. The van der Waals surface area contributed by atoms with Gasteiger partial charge in [-0.2, -0.15) is 10.2 Å². The molecule has 2 heterocycles. The van der Waals surface area contributed by atoms with Crippen LogP contribution in [0.5, 0.6) is 0 Å². The number of nitrogens with zero attached hydrogens (tertiary/aromatic N) is 4. The fraction of sp³-hybridized carbons (Fsp3) is 0.267. The fourth-order valence-electron chi connectivity index (χ4n) is 2.24. The standard InChI is InChI=1S/C15H15N5O/c1-2-4-14(20-18-7-8-19-20)13(3-1)16-9-12-10-17-15(21-12)11-5-6-11/h1-4,7-8,10-11,16H,5-6,9H2. The molecule has 1 saturated carbocycles. The summed E-state index contributed by atoms with van der Waals surface area (Å²) in [6, 6.07) is 7.91. The van der Waals surface area contributed by atoms with Crippen LogP contribution in [0.1, 0.15) is 30.4 Å². The second-order valence-electron chi connectivity index (χ2n) is 5.13. The molecule has 0 radical (unpaired) electrons. The molecule has 3 aromatic rings. The number of anilines is 1. The van der Waals surface area contributed by atoms with Gasteiger partial charge >= 0.3 is 0 Å². The van der Waals surface area contributed by atoms with Crippen molar-refractivity contribution in [1.29, 1.82) is 0 Å². The van der Waals surface area contributed by atoms with Gasteiger partial charge < -0.3 is 9.73 Å². The van der Waals surface area contributed by atoms with Crippen molar-refractivity contribution < 1.29 is 4.42 Å². The van der Waals surface area contributed by atoms with E-state index in [1.807, 2.05) is 24.3 Å². The maximum Gasteiger partial charge on any atom is 0.197 e. The summed E-state index contributed by atoms with van der Waals surface area (Å²) in [7, 11) is 0. The molecule has 0 aliphatic heterocycles. The van der Waals surface area contributed by atoms with E-state index in [0.29, 0.717) is 12.5 Å². The van der Waals surface area contributed by atoms with Crippen molar-refractivity contribution in [2.24, 2.45) is 0 Å². The summed E-state index contributed by atoms with van der Waals surface area (Å²) < 4.78 is 5.75. The van der Waals surface area contributed by atoms with Gasteiger partial charge in [-0.15, -0.1) is 4.80 Å². The molecule has 4 rings (SSSR count). The van der Waals surface area contributed by atoms with Crippen molar-refractivity contribution in [1.82, 2.24) is 20.0 Å². The second kappa shape index (κ2) is 5.05. The van der Waals surface area contributed by atoms with Gasteiger partial charge in [0.15, 0.2) is 5.89 Å². The van der Waals surface area contributed by atoms with E-state index >= 15 is 0 Å². The lowest BCUT2D eigenvalue weighted by atomic mass is 10.2. The average molecular weight is 281 g/mol. The van der Waals surface area contributed by atoms with Gasteiger partial charge in [0, 0.05) is 5.92 Å². The van der Waals surface area contributed by atoms with Crippen molar-refractivity contribution in [3.63, 3.8) is 0 Å². The van der Waals surface area contributed by atoms with Crippen molar-refractivity contribution >= 4 is 5.69 Å². The quantitative estimate of drug-likeness (QED) is 0.778. The lowest BCUT2D eigenvalue weighted by Gasteiger charge is -2.09. The van der Waals surface area contributed by atoms with E-state index < -0.39 is 0 Å². The van der Waals surface area contributed by atoms with Crippen LogP contribution in [-0.2, 0) is 6.54 Å². The Balaban J connectivity index is 1.51. The van der Waals surface area contributed by atoms with Gasteiger partial charge in [0.25, 0.3) is 0 Å². The third-order valence-electron chi connectivity index (χ3n) is 3.49. The van der Waals surface area contributed by atoms with Crippen molar-refractivity contribution in [2.45, 2.75) is 25.3 Å². The fourth-order valence-corrected chi connectivity index (χ4v) is 2.24. The number of hydrogen-bond acceptors (Lipinski definition) is 5. The van der Waals surface area contributed by atoms with Crippen LogP contribution in [0.15, 0.2) is 47.3 Å². The zero-order chi connectivity index (χ0) is 14.1. The SMILES string of the molecule is c1ccc(-n2nccn2)c(NCc2cnc(C3CC3)o2)c1. The van der Waals surface area contributed by atoms with E-state index in [-0.39, 0.29) is 0 Å². The highest BCUT2D eigenvalue weighted by molar-refractivity contribution is 5.59. The topological polar surface area (TPSA) is 68.8 Å². The van der Waals surface area contributed by atoms with E-state index in [4.69, 9.17) is 4.42 Å². The van der Waals surface area contributed by atoms with Crippen LogP contribution in [-0.4, -0.2) is 20.0 Å². The summed E-state index contributed by atoms with van der Waals surface area (Å²) in [5.41, 5.74) is 1.86. The smallest absolute Gasteiger partial charge is 0.197 e. The summed E-state index contributed by atoms with van der Waals surface area (Å²) in [4.78, 5) is 5.92. The summed E-state index contributed by atoms with van der Waals surface area (Å²) >= 11 is 0. The predicted molar refractivity (Wildman–Crippen MR) is 77.2 cm³/mol. The second-order valence-corrected chi connectivity index (χ2v) is 5.13. The number of oxazole rings is 1. The molecular formula is C15H15N5O. The van der Waals surface area contributed by atoms with E-state index in [2.05, 4.69) is 20.5 Å². The number of nitrogens with one attached hydrogen (secondary N) is 1. The van der Waals surface area contributed by atoms with Crippen LogP contribution in [0.4, 0.5) is 5.69 Å². The molecule has 0 spiro atoms. The first-order valence-corrected chi connectivity index (χ1v) is 7.04. The average Bonchev–Trinajstić information content (AvgIpc) is 3.04. The molecule has 1 aliphatic rings. The Hall–Kier alpha value is -2.63. The Kier molecular flexibility index (Phi) is 2.92. The van der Waals surface area contributed by atoms with E-state index in [9.17, 15) is 0 Å². The van der Waals surface area contributed by atoms with Gasteiger partial charge in [0.1, 0.15) is 11.4 Å². The molecular weight excluding hydrogens is 266 g/mol. The first-order valence-electron chi connectivity index (χ1n) is 7.04. The highest BCUT2D eigenvalue weighted by atomic mass is 16.4. The Bertz CT molecular complexity index is 730. The minimum Gasteiger partial charge on any atom is -0.444 e. The molecule has 6 nitrogen and oxygen atoms in total. The summed E-state index contributed by atoms with van der Waals surface area (Å²) in [6.07, 6.45) is 7.52. The first kappa shape index (κ1) is 12.1. The number of para-hydroxylation sites is 2. The maximum atomic E-state index is 5.75. The highest BCUT2D eigenvalue weighted by Crippen LogP contribution is 2.39. The maximum absolute atomic E-state index is 5.75. The van der Waals surface area contributed by atoms with Gasteiger partial charge in [-0.05, 0) is 25.0 Å². The van der Waals surface area contributed by atoms with Gasteiger partial charge in [0.05, 0.1) is 30.8 Å². The monoisotopic (exact) mass is 281 g/mol. The molecule has 21 heavy (non-hydrogen) atoms. The number of benzene rings is 1. The van der Waals surface area contributed by atoms with Gasteiger partial charge in [-0.1, -0.05) is 12.1 Å². The molecule has 6 heteroatoms. The number of rotatable bonds is 5. The van der Waals surface area contributed by atoms with Crippen LogP contribution >= 0.6 is 0 Å². The van der Waals surface area contributed by atoms with Crippen LogP contribution < -0.4 is 5.32 Å². The molecule has 0 amide bonds. The van der Waals surface area contributed by atoms with Crippen LogP contribution in [0.3, 0.4) is 0 Å². The van der Waals surface area contributed by atoms with Crippen LogP contribution in [0.2, 0.25) is 0 Å². The largest absolute Gasteiger partial charge is 0.444 e. The zero-order valence-electron chi connectivity index (χ0n) is 11.4. The zero-order valence-corrected chi connectivity index (χ0v) is 11.4. The molecule has 0 bridgehead atoms. The van der Waals surface area contributed by atoms with Crippen LogP contribution in [0, 0.1) is 0 Å². The highest BCUT2D eigenvalue weighted by Gasteiger charge is 2.28. The molecule has 0 saturated heterocycles. The summed E-state index contributed by atoms with van der Waals surface area (Å²) in [5.74, 6) is 2.26. The van der Waals surface area contributed by atoms with E-state index in [0.717, 1.165) is 23.0 Å². The van der Waals surface area contributed by atoms with E-state index in [1.54, 1.807) is 23.4 Å². The lowest BCUT2D eigenvalue weighted by molar-refractivity contribution is 0.462. The van der Waals surface area contributed by atoms with Crippen molar-refractivity contribution in [3.8, 4) is 5.69 Å². The Labute approximate surface area is 121 Å². The Morgan fingerprint density at radius 2 is 2.00 bits per heavy atom. The Morgan fingerprint density at radius 3 is 2.81 bits per heavy atom. The molecule has 2 aromatic heterocycles. The third-order valence-corrected chi connectivity index (χ3v) is 3.49. The molecule has 0 unspecified atom stereocenters. The molecule has 1 aromatic carbocycles. The van der Waals surface area contributed by atoms with E-state index in [1.165, 1.54) is 12.8 Å².